The van der Waals surface area contributed by atoms with Gasteiger partial charge < -0.3 is 20.2 Å². The molecule has 0 saturated carbocycles. The number of nitrogens with one attached hydrogen (secondary N) is 1. The van der Waals surface area contributed by atoms with Crippen molar-refractivity contribution in [2.45, 2.75) is 52.0 Å². The average Bonchev–Trinajstić information content (AvgIpc) is 3.07. The van der Waals surface area contributed by atoms with Crippen LogP contribution in [-0.4, -0.2) is 65.0 Å². The van der Waals surface area contributed by atoms with Crippen LogP contribution in [0.5, 0.6) is 0 Å². The number of carbonyl (C=O) groups excluding carboxylic acids is 2. The number of carboxylic acid groups (broad SMARTS) is 1. The van der Waals surface area contributed by atoms with Crippen molar-refractivity contribution < 1.29 is 19.5 Å². The van der Waals surface area contributed by atoms with Gasteiger partial charge in [-0.1, -0.05) is 13.8 Å². The summed E-state index contributed by atoms with van der Waals surface area (Å²) in [5.41, 5.74) is 0. The SMILES string of the molecule is CC(C)C[C@@H](NC(=O)C1CCCN(C(=O)N2CCCC2)C1)C(=O)O. The summed E-state index contributed by atoms with van der Waals surface area (Å²) in [6.45, 7) is 6.50. The lowest BCUT2D eigenvalue weighted by atomic mass is 9.96. The Hall–Kier alpha value is -1.79. The molecule has 0 radical (unpaired) electrons. The third-order valence-electron chi connectivity index (χ3n) is 4.76. The number of carboxylic acids is 1. The van der Waals surface area contributed by atoms with E-state index in [9.17, 15) is 19.5 Å². The van der Waals surface area contributed by atoms with Crippen LogP contribution >= 0.6 is 0 Å². The van der Waals surface area contributed by atoms with Crippen LogP contribution in [0, 0.1) is 11.8 Å². The number of carbonyl (C=O) groups is 3. The number of piperidine rings is 1. The van der Waals surface area contributed by atoms with Crippen molar-refractivity contribution in [1.82, 2.24) is 15.1 Å². The second kappa shape index (κ2) is 8.35. The number of hydrogen-bond donors (Lipinski definition) is 2. The molecule has 1 unspecified atom stereocenters. The van der Waals surface area contributed by atoms with Crippen molar-refractivity contribution in [3.63, 3.8) is 0 Å². The highest BCUT2D eigenvalue weighted by Gasteiger charge is 2.33. The van der Waals surface area contributed by atoms with Crippen LogP contribution in [0.2, 0.25) is 0 Å². The lowest BCUT2D eigenvalue weighted by Gasteiger charge is -2.35. The van der Waals surface area contributed by atoms with Crippen LogP contribution < -0.4 is 5.32 Å². The van der Waals surface area contributed by atoms with Gasteiger partial charge in [-0.3, -0.25) is 4.79 Å². The highest BCUT2D eigenvalue weighted by Crippen LogP contribution is 2.20. The van der Waals surface area contributed by atoms with Gasteiger partial charge in [-0.25, -0.2) is 9.59 Å². The fourth-order valence-corrected chi connectivity index (χ4v) is 3.46. The van der Waals surface area contributed by atoms with Gasteiger partial charge in [0.25, 0.3) is 0 Å². The van der Waals surface area contributed by atoms with E-state index in [1.54, 1.807) is 4.90 Å². The summed E-state index contributed by atoms with van der Waals surface area (Å²) in [7, 11) is 0. The summed E-state index contributed by atoms with van der Waals surface area (Å²) in [6.07, 6.45) is 3.96. The molecule has 136 valence electrons. The predicted octanol–water partition coefficient (Wildman–Crippen LogP) is 1.53. The van der Waals surface area contributed by atoms with Crippen LogP contribution in [0.25, 0.3) is 0 Å². The molecule has 0 aromatic heterocycles. The lowest BCUT2D eigenvalue weighted by Crippen LogP contribution is -2.51. The van der Waals surface area contributed by atoms with E-state index >= 15 is 0 Å². The molecule has 0 spiro atoms. The molecule has 2 saturated heterocycles. The van der Waals surface area contributed by atoms with E-state index in [2.05, 4.69) is 5.32 Å². The molecule has 0 aliphatic carbocycles. The third kappa shape index (κ3) is 4.85. The predicted molar refractivity (Wildman–Crippen MR) is 89.5 cm³/mol. The maximum Gasteiger partial charge on any atom is 0.326 e. The first-order valence-electron chi connectivity index (χ1n) is 8.95. The summed E-state index contributed by atoms with van der Waals surface area (Å²) in [5, 5.41) is 11.9. The molecule has 2 heterocycles. The van der Waals surface area contributed by atoms with Crippen LogP contribution in [0.3, 0.4) is 0 Å². The van der Waals surface area contributed by atoms with Gasteiger partial charge >= 0.3 is 12.0 Å². The average molecular weight is 339 g/mol. The van der Waals surface area contributed by atoms with E-state index < -0.39 is 12.0 Å². The maximum absolute atomic E-state index is 12.5. The Morgan fingerprint density at radius 3 is 2.29 bits per heavy atom. The van der Waals surface area contributed by atoms with Crippen molar-refractivity contribution in [2.75, 3.05) is 26.2 Å². The minimum atomic E-state index is -1.00. The number of hydrogen-bond acceptors (Lipinski definition) is 3. The van der Waals surface area contributed by atoms with Crippen LogP contribution in [0.15, 0.2) is 0 Å². The highest BCUT2D eigenvalue weighted by atomic mass is 16.4. The highest BCUT2D eigenvalue weighted by molar-refractivity contribution is 5.85. The molecular formula is C17H29N3O4. The van der Waals surface area contributed by atoms with Gasteiger partial charge in [0.1, 0.15) is 6.04 Å². The Kier molecular flexibility index (Phi) is 6.45. The second-order valence-corrected chi connectivity index (χ2v) is 7.29. The van der Waals surface area contributed by atoms with E-state index in [0.29, 0.717) is 25.9 Å². The number of nitrogens with zero attached hydrogens (tertiary/aromatic N) is 2. The Labute approximate surface area is 143 Å². The Balaban J connectivity index is 1.91. The first-order chi connectivity index (χ1) is 11.4. The minimum absolute atomic E-state index is 0.0157. The van der Waals surface area contributed by atoms with Crippen molar-refractivity contribution >= 4 is 17.9 Å². The molecule has 7 heteroatoms. The Bertz CT molecular complexity index is 474. The monoisotopic (exact) mass is 339 g/mol. The van der Waals surface area contributed by atoms with E-state index in [1.807, 2.05) is 18.7 Å². The van der Waals surface area contributed by atoms with Gasteiger partial charge in [0.2, 0.25) is 5.91 Å². The lowest BCUT2D eigenvalue weighted by molar-refractivity contribution is -0.143. The van der Waals surface area contributed by atoms with Crippen molar-refractivity contribution in [1.29, 1.82) is 0 Å². The fourth-order valence-electron chi connectivity index (χ4n) is 3.46. The molecule has 0 aromatic rings. The second-order valence-electron chi connectivity index (χ2n) is 7.29. The Morgan fingerprint density at radius 1 is 1.08 bits per heavy atom. The van der Waals surface area contributed by atoms with E-state index in [0.717, 1.165) is 32.4 Å². The van der Waals surface area contributed by atoms with Gasteiger partial charge in [-0.15, -0.1) is 0 Å². The van der Waals surface area contributed by atoms with Gasteiger partial charge in [0.15, 0.2) is 0 Å². The molecule has 2 N–H and O–H groups in total. The topological polar surface area (TPSA) is 90.0 Å². The summed E-state index contributed by atoms with van der Waals surface area (Å²) < 4.78 is 0. The molecular weight excluding hydrogens is 310 g/mol. The van der Waals surface area contributed by atoms with Gasteiger partial charge in [-0.2, -0.15) is 0 Å². The van der Waals surface area contributed by atoms with Crippen LogP contribution in [0.1, 0.15) is 46.0 Å². The van der Waals surface area contributed by atoms with E-state index in [-0.39, 0.29) is 23.8 Å². The number of rotatable bonds is 5. The molecule has 0 aromatic carbocycles. The summed E-state index contributed by atoms with van der Waals surface area (Å²) >= 11 is 0. The van der Waals surface area contributed by atoms with Gasteiger partial charge in [0, 0.05) is 26.2 Å². The largest absolute Gasteiger partial charge is 0.480 e. The number of likely N-dealkylation sites (tertiary alicyclic amines) is 2. The maximum atomic E-state index is 12.5. The molecule has 24 heavy (non-hydrogen) atoms. The normalized spacial score (nSPS) is 22.5. The van der Waals surface area contributed by atoms with Crippen molar-refractivity contribution in [3.8, 4) is 0 Å². The molecule has 2 atom stereocenters. The smallest absolute Gasteiger partial charge is 0.326 e. The summed E-state index contributed by atoms with van der Waals surface area (Å²) in [5.74, 6) is -1.38. The summed E-state index contributed by atoms with van der Waals surface area (Å²) in [4.78, 5) is 39.8. The minimum Gasteiger partial charge on any atom is -0.480 e. The zero-order valence-electron chi connectivity index (χ0n) is 14.7. The Morgan fingerprint density at radius 2 is 1.71 bits per heavy atom. The zero-order chi connectivity index (χ0) is 17.7. The van der Waals surface area contributed by atoms with Crippen molar-refractivity contribution in [3.05, 3.63) is 0 Å². The quantitative estimate of drug-likeness (QED) is 0.795. The molecule has 2 aliphatic rings. The zero-order valence-corrected chi connectivity index (χ0v) is 14.7. The van der Waals surface area contributed by atoms with Crippen molar-refractivity contribution in [2.24, 2.45) is 11.8 Å². The van der Waals surface area contributed by atoms with E-state index in [1.165, 1.54) is 0 Å². The fraction of sp³-hybridized carbons (Fsp3) is 0.824. The molecule has 0 bridgehead atoms. The van der Waals surface area contributed by atoms with Crippen LogP contribution in [-0.2, 0) is 9.59 Å². The van der Waals surface area contributed by atoms with E-state index in [4.69, 9.17) is 0 Å². The third-order valence-corrected chi connectivity index (χ3v) is 4.76. The molecule has 2 fully saturated rings. The molecule has 3 amide bonds. The number of amides is 3. The van der Waals surface area contributed by atoms with Gasteiger partial charge in [-0.05, 0) is 38.0 Å². The molecule has 7 nitrogen and oxygen atoms in total. The first kappa shape index (κ1) is 18.5. The number of urea groups is 1. The van der Waals surface area contributed by atoms with Crippen LogP contribution in [0.4, 0.5) is 4.79 Å². The first-order valence-corrected chi connectivity index (χ1v) is 8.95. The summed E-state index contributed by atoms with van der Waals surface area (Å²) in [6, 6.07) is -0.843. The standard InChI is InChI=1S/C17H29N3O4/c1-12(2)10-14(16(22)23)18-15(21)13-6-5-9-20(11-13)17(24)19-7-3-4-8-19/h12-14H,3-11H2,1-2H3,(H,18,21)(H,22,23)/t13?,14-/m1/s1. The van der Waals surface area contributed by atoms with Gasteiger partial charge in [0.05, 0.1) is 5.92 Å². The molecule has 2 aliphatic heterocycles. The number of aliphatic carboxylic acids is 1. The molecule has 2 rings (SSSR count).